The van der Waals surface area contributed by atoms with E-state index in [4.69, 9.17) is 21.1 Å². The molecule has 9 nitrogen and oxygen atoms in total. The van der Waals surface area contributed by atoms with Crippen molar-refractivity contribution >= 4 is 30.4 Å². The average Bonchev–Trinajstić information content (AvgIpc) is 2.64. The number of carbonyl (C=O) groups is 2. The van der Waals surface area contributed by atoms with E-state index in [-0.39, 0.29) is 28.5 Å². The van der Waals surface area contributed by atoms with Gasteiger partial charge in [0, 0.05) is 16.9 Å². The van der Waals surface area contributed by atoms with Crippen molar-refractivity contribution < 1.29 is 33.3 Å². The molecule has 0 aromatic heterocycles. The molecule has 1 amide bonds. The highest BCUT2D eigenvalue weighted by atomic mass is 35.5. The standard InChI is InChI=1S/C20H26ClN2O7/c1-7-8-15(22(5)19(25)30-20(2,3)4)12-29-16-10-13(18(24)28-6)9-14(17(16)21)11-23(26)27/h7,9-10,15H,1,5,8,11-12H2,2-4,6H3/q+1. The van der Waals surface area contributed by atoms with Crippen LogP contribution in [0.3, 0.4) is 0 Å². The zero-order valence-corrected chi connectivity index (χ0v) is 18.2. The summed E-state index contributed by atoms with van der Waals surface area (Å²) in [5.74, 6) is -0.653. The fourth-order valence-electron chi connectivity index (χ4n) is 2.38. The maximum Gasteiger partial charge on any atom is 0.596 e. The van der Waals surface area contributed by atoms with Crippen LogP contribution in [0.4, 0.5) is 4.79 Å². The van der Waals surface area contributed by atoms with Gasteiger partial charge in [-0.2, -0.15) is 4.79 Å². The molecule has 0 N–H and O–H groups in total. The van der Waals surface area contributed by atoms with Gasteiger partial charge in [-0.25, -0.2) is 4.79 Å². The number of halogens is 1. The van der Waals surface area contributed by atoms with Crippen LogP contribution in [0, 0.1) is 10.1 Å². The highest BCUT2D eigenvalue weighted by molar-refractivity contribution is 6.33. The van der Waals surface area contributed by atoms with Gasteiger partial charge >= 0.3 is 12.1 Å². The SMILES string of the molecule is C=CCC(COc1cc(C(=O)OC)cc(C[N+](=O)[O-])c1Cl)[N+](=C)C(=O)OC(C)(C)C. The summed E-state index contributed by atoms with van der Waals surface area (Å²) in [5, 5.41) is 10.9. The number of hydrogen-bond donors (Lipinski definition) is 0. The molecule has 0 aliphatic rings. The van der Waals surface area contributed by atoms with E-state index < -0.39 is 35.2 Å². The predicted octanol–water partition coefficient (Wildman–Crippen LogP) is 3.88. The molecule has 1 rings (SSSR count). The van der Waals surface area contributed by atoms with E-state index in [1.54, 1.807) is 26.8 Å². The van der Waals surface area contributed by atoms with Crippen molar-refractivity contribution in [3.05, 3.63) is 51.1 Å². The summed E-state index contributed by atoms with van der Waals surface area (Å²) in [6, 6.07) is 2.04. The molecule has 1 unspecified atom stereocenters. The average molecular weight is 442 g/mol. The van der Waals surface area contributed by atoms with E-state index in [0.717, 1.165) is 4.58 Å². The van der Waals surface area contributed by atoms with Gasteiger partial charge in [0.05, 0.1) is 17.7 Å². The maximum absolute atomic E-state index is 12.3. The number of hydrogen-bond acceptors (Lipinski definition) is 7. The van der Waals surface area contributed by atoms with Crippen LogP contribution in [-0.4, -0.2) is 53.6 Å². The maximum atomic E-state index is 12.3. The Morgan fingerprint density at radius 3 is 2.47 bits per heavy atom. The highest BCUT2D eigenvalue weighted by Gasteiger charge is 2.32. The molecule has 0 aliphatic heterocycles. The number of benzene rings is 1. The van der Waals surface area contributed by atoms with Crippen molar-refractivity contribution in [2.45, 2.75) is 45.4 Å². The Bertz CT molecular complexity index is 846. The fourth-order valence-corrected chi connectivity index (χ4v) is 2.61. The summed E-state index contributed by atoms with van der Waals surface area (Å²) in [7, 11) is 1.19. The number of nitrogens with zero attached hydrogens (tertiary/aromatic N) is 2. The number of ether oxygens (including phenoxy) is 3. The molecule has 1 aromatic rings. The second-order valence-corrected chi connectivity index (χ2v) is 7.75. The smallest absolute Gasteiger partial charge is 0.485 e. The number of methoxy groups -OCH3 is 1. The molecule has 0 heterocycles. The lowest BCUT2D eigenvalue weighted by atomic mass is 10.1. The molecule has 0 saturated carbocycles. The third-order valence-corrected chi connectivity index (χ3v) is 4.20. The number of rotatable bonds is 9. The normalized spacial score (nSPS) is 11.9. The van der Waals surface area contributed by atoms with E-state index in [9.17, 15) is 19.7 Å². The first-order valence-electron chi connectivity index (χ1n) is 8.98. The lowest BCUT2D eigenvalue weighted by Gasteiger charge is -2.19. The Kier molecular flexibility index (Phi) is 8.97. The summed E-state index contributed by atoms with van der Waals surface area (Å²) in [5.41, 5.74) is -0.562. The molecule has 10 heteroatoms. The summed E-state index contributed by atoms with van der Waals surface area (Å²) in [6.07, 6.45) is 1.27. The Hall–Kier alpha value is -2.94. The van der Waals surface area contributed by atoms with Crippen molar-refractivity contribution in [3.63, 3.8) is 0 Å². The van der Waals surface area contributed by atoms with Crippen molar-refractivity contribution in [3.8, 4) is 5.75 Å². The van der Waals surface area contributed by atoms with Crippen LogP contribution in [0.5, 0.6) is 5.75 Å². The zero-order valence-electron chi connectivity index (χ0n) is 17.5. The van der Waals surface area contributed by atoms with Gasteiger partial charge in [0.25, 0.3) is 0 Å². The van der Waals surface area contributed by atoms with Crippen LogP contribution in [0.2, 0.25) is 5.02 Å². The number of carbonyl (C=O) groups excluding carboxylic acids is 2. The van der Waals surface area contributed by atoms with Crippen LogP contribution in [-0.2, 0) is 16.0 Å². The van der Waals surface area contributed by atoms with Crippen molar-refractivity contribution in [2.75, 3.05) is 13.7 Å². The minimum atomic E-state index is -0.706. The monoisotopic (exact) mass is 441 g/mol. The summed E-state index contributed by atoms with van der Waals surface area (Å²) < 4.78 is 16.8. The molecular formula is C20H26ClN2O7+. The third-order valence-electron chi connectivity index (χ3n) is 3.77. The Labute approximate surface area is 180 Å². The topological polar surface area (TPSA) is 108 Å². The quantitative estimate of drug-likeness (QED) is 0.143. The van der Waals surface area contributed by atoms with Crippen LogP contribution in [0.1, 0.15) is 43.1 Å². The second kappa shape index (κ2) is 10.7. The van der Waals surface area contributed by atoms with Gasteiger partial charge in [-0.1, -0.05) is 17.7 Å². The molecule has 164 valence electrons. The second-order valence-electron chi connectivity index (χ2n) is 7.37. The lowest BCUT2D eigenvalue weighted by Crippen LogP contribution is -2.38. The van der Waals surface area contributed by atoms with Gasteiger partial charge in [0.15, 0.2) is 6.61 Å². The molecular weight excluding hydrogens is 416 g/mol. The van der Waals surface area contributed by atoms with Crippen molar-refractivity contribution in [1.82, 2.24) is 0 Å². The first kappa shape index (κ1) is 25.1. The van der Waals surface area contributed by atoms with Gasteiger partial charge in [-0.15, -0.1) is 11.2 Å². The van der Waals surface area contributed by atoms with Crippen LogP contribution in [0.15, 0.2) is 24.8 Å². The molecule has 0 saturated heterocycles. The van der Waals surface area contributed by atoms with E-state index >= 15 is 0 Å². The molecule has 1 atom stereocenters. The minimum absolute atomic E-state index is 0.00964. The largest absolute Gasteiger partial charge is 0.596 e. The number of esters is 1. The van der Waals surface area contributed by atoms with E-state index in [2.05, 4.69) is 18.0 Å². The van der Waals surface area contributed by atoms with Crippen LogP contribution >= 0.6 is 11.6 Å². The fraction of sp³-hybridized carbons (Fsp3) is 0.450. The van der Waals surface area contributed by atoms with Gasteiger partial charge in [-0.3, -0.25) is 10.1 Å². The first-order chi connectivity index (χ1) is 13.9. The minimum Gasteiger partial charge on any atom is -0.485 e. The highest BCUT2D eigenvalue weighted by Crippen LogP contribution is 2.31. The van der Waals surface area contributed by atoms with E-state index in [1.165, 1.54) is 19.2 Å². The van der Waals surface area contributed by atoms with Gasteiger partial charge in [-0.05, 0) is 32.9 Å². The molecule has 0 bridgehead atoms. The Morgan fingerprint density at radius 2 is 1.97 bits per heavy atom. The summed E-state index contributed by atoms with van der Waals surface area (Å²) in [6.45, 7) is 11.9. The first-order valence-corrected chi connectivity index (χ1v) is 9.36. The third kappa shape index (κ3) is 7.47. The van der Waals surface area contributed by atoms with Crippen molar-refractivity contribution in [2.24, 2.45) is 0 Å². The zero-order chi connectivity index (χ0) is 23.1. The molecule has 0 fully saturated rings. The molecule has 30 heavy (non-hydrogen) atoms. The Morgan fingerprint density at radius 1 is 1.33 bits per heavy atom. The van der Waals surface area contributed by atoms with Crippen LogP contribution in [0.25, 0.3) is 0 Å². The van der Waals surface area contributed by atoms with E-state index in [1.807, 2.05) is 0 Å². The van der Waals surface area contributed by atoms with Gasteiger partial charge < -0.3 is 14.2 Å². The van der Waals surface area contributed by atoms with Gasteiger partial charge in [0.1, 0.15) is 18.1 Å². The van der Waals surface area contributed by atoms with E-state index in [0.29, 0.717) is 6.42 Å². The molecule has 1 aromatic carbocycles. The number of amides is 1. The molecule has 0 spiro atoms. The van der Waals surface area contributed by atoms with Crippen LogP contribution < -0.4 is 4.74 Å². The summed E-state index contributed by atoms with van der Waals surface area (Å²) >= 11 is 6.24. The number of nitro groups is 1. The molecule has 0 radical (unpaired) electrons. The lowest BCUT2D eigenvalue weighted by molar-refractivity contribution is -0.496. The summed E-state index contributed by atoms with van der Waals surface area (Å²) in [4.78, 5) is 34.6. The Balaban J connectivity index is 3.14. The predicted molar refractivity (Wildman–Crippen MR) is 111 cm³/mol. The molecule has 0 aliphatic carbocycles. The van der Waals surface area contributed by atoms with Gasteiger partial charge in [0.2, 0.25) is 12.6 Å². The van der Waals surface area contributed by atoms with Crippen molar-refractivity contribution in [1.29, 1.82) is 0 Å².